The zero-order chi connectivity index (χ0) is 52.3. The standard InChI is InChI=1S/C37H36O4.C33H32O2/c1-3-40-34(38)21-23-36(30-17-9-5-13-26(30)27-14-6-10-18-31(27)36)25-37(24-22-35(39)41-4-2)32-19-11-7-15-28(32)29-16-8-12-20-33(29)37;34-21-9-19-32(28-15-5-1-11-24(28)25-12-2-6-16-29(25)32)23-33(20-10-22-35)30-17-7-3-13-26(30)27-14-4-8-18-31(27)33/h5-20H,3-4,21-25H2,1-2H3;1-8,11-18,34-35H,9-10,19-23H2. The highest BCUT2D eigenvalue weighted by Gasteiger charge is 2.54. The lowest BCUT2D eigenvalue weighted by atomic mass is 9.60. The summed E-state index contributed by atoms with van der Waals surface area (Å²) in [5.41, 5.74) is 19.2. The Morgan fingerprint density at radius 1 is 0.329 bits per heavy atom. The normalized spacial score (nSPS) is 15.3. The van der Waals surface area contributed by atoms with E-state index in [1.165, 1.54) is 89.0 Å². The molecule has 4 aliphatic rings. The molecule has 0 atom stereocenters. The van der Waals surface area contributed by atoms with E-state index >= 15 is 0 Å². The van der Waals surface area contributed by atoms with Crippen molar-refractivity contribution in [3.63, 3.8) is 0 Å². The first-order valence-corrected chi connectivity index (χ1v) is 27.6. The van der Waals surface area contributed by atoms with Crippen LogP contribution in [0.4, 0.5) is 0 Å². The SMILES string of the molecule is CCOC(=O)CCC1(CC2(CCC(=O)OCC)c3ccccc3-c3ccccc32)c2ccccc2-c2ccccc21.OCCCC1(CC2(CCCO)c3ccccc3-c3ccccc32)c2ccccc2-c2ccccc21. The molecule has 4 aliphatic carbocycles. The minimum absolute atomic E-state index is 0.179. The topological polar surface area (TPSA) is 93.1 Å². The number of hydrogen-bond acceptors (Lipinski definition) is 6. The van der Waals surface area contributed by atoms with Crippen molar-refractivity contribution in [3.8, 4) is 44.5 Å². The third-order valence-corrected chi connectivity index (χ3v) is 17.6. The van der Waals surface area contributed by atoms with Crippen molar-refractivity contribution >= 4 is 11.9 Å². The predicted octanol–water partition coefficient (Wildman–Crippen LogP) is 14.9. The van der Waals surface area contributed by atoms with Gasteiger partial charge in [0, 0.05) is 47.7 Å². The van der Waals surface area contributed by atoms with Gasteiger partial charge in [-0.25, -0.2) is 0 Å². The summed E-state index contributed by atoms with van der Waals surface area (Å²) in [4.78, 5) is 25.8. The van der Waals surface area contributed by atoms with Crippen molar-refractivity contribution in [2.24, 2.45) is 0 Å². The van der Waals surface area contributed by atoms with Gasteiger partial charge < -0.3 is 19.7 Å². The molecule has 0 saturated heterocycles. The van der Waals surface area contributed by atoms with Crippen LogP contribution in [-0.4, -0.2) is 48.6 Å². The summed E-state index contributed by atoms with van der Waals surface area (Å²) < 4.78 is 10.9. The number of aliphatic hydroxyl groups excluding tert-OH is 2. The van der Waals surface area contributed by atoms with E-state index in [2.05, 4.69) is 194 Å². The number of rotatable bonds is 18. The highest BCUT2D eigenvalue weighted by atomic mass is 16.5. The molecule has 0 fully saturated rings. The molecule has 8 aromatic rings. The lowest BCUT2D eigenvalue weighted by molar-refractivity contribution is -0.144. The van der Waals surface area contributed by atoms with Crippen LogP contribution in [0.5, 0.6) is 0 Å². The molecule has 0 bridgehead atoms. The third kappa shape index (κ3) is 8.42. The molecule has 0 amide bonds. The second kappa shape index (κ2) is 21.3. The summed E-state index contributed by atoms with van der Waals surface area (Å²) in [5, 5.41) is 20.0. The van der Waals surface area contributed by atoms with E-state index in [1.807, 2.05) is 13.8 Å². The van der Waals surface area contributed by atoms with E-state index in [-0.39, 0.29) is 36.0 Å². The fraction of sp³-hybridized carbons (Fsp3) is 0.286. The maximum atomic E-state index is 12.9. The number of benzene rings is 8. The summed E-state index contributed by atoms with van der Waals surface area (Å²) in [6.07, 6.45) is 6.79. The molecule has 0 aliphatic heterocycles. The Morgan fingerprint density at radius 3 is 0.724 bits per heavy atom. The molecule has 0 unspecified atom stereocenters. The number of esters is 2. The smallest absolute Gasteiger partial charge is 0.305 e. The molecule has 0 aromatic heterocycles. The molecule has 2 N–H and O–H groups in total. The molecule has 384 valence electrons. The van der Waals surface area contributed by atoms with Gasteiger partial charge in [0.15, 0.2) is 0 Å². The van der Waals surface area contributed by atoms with Gasteiger partial charge >= 0.3 is 11.9 Å². The van der Waals surface area contributed by atoms with Crippen molar-refractivity contribution in [1.82, 2.24) is 0 Å². The van der Waals surface area contributed by atoms with E-state index < -0.39 is 10.8 Å². The fourth-order valence-electron chi connectivity index (χ4n) is 14.7. The Labute approximate surface area is 448 Å². The first-order chi connectivity index (χ1) is 37.3. The minimum Gasteiger partial charge on any atom is -0.466 e. The molecule has 6 nitrogen and oxygen atoms in total. The molecule has 0 heterocycles. The Hall–Kier alpha value is -7.38. The lowest BCUT2D eigenvalue weighted by Gasteiger charge is -2.43. The van der Waals surface area contributed by atoms with Crippen LogP contribution in [0.3, 0.4) is 0 Å². The quantitative estimate of drug-likeness (QED) is 0.0832. The Morgan fingerprint density at radius 2 is 0.526 bits per heavy atom. The second-order valence-corrected chi connectivity index (χ2v) is 21.3. The summed E-state index contributed by atoms with van der Waals surface area (Å²) in [6, 6.07) is 69.9. The lowest BCUT2D eigenvalue weighted by Crippen LogP contribution is -2.38. The van der Waals surface area contributed by atoms with Gasteiger partial charge in [-0.1, -0.05) is 194 Å². The van der Waals surface area contributed by atoms with Gasteiger partial charge in [-0.3, -0.25) is 9.59 Å². The molecule has 8 aromatic carbocycles. The number of carbonyl (C=O) groups excluding carboxylic acids is 2. The largest absolute Gasteiger partial charge is 0.466 e. The van der Waals surface area contributed by atoms with E-state index in [9.17, 15) is 19.8 Å². The molecular formula is C70H68O6. The van der Waals surface area contributed by atoms with Crippen molar-refractivity contribution < 1.29 is 29.3 Å². The van der Waals surface area contributed by atoms with Gasteiger partial charge in [-0.2, -0.15) is 0 Å². The maximum absolute atomic E-state index is 12.9. The van der Waals surface area contributed by atoms with E-state index in [0.29, 0.717) is 38.9 Å². The molecule has 12 rings (SSSR count). The third-order valence-electron chi connectivity index (χ3n) is 17.6. The van der Waals surface area contributed by atoms with Crippen LogP contribution in [0.15, 0.2) is 194 Å². The summed E-state index contributed by atoms with van der Waals surface area (Å²) >= 11 is 0. The van der Waals surface area contributed by atoms with Crippen LogP contribution in [0, 0.1) is 0 Å². The number of fused-ring (bicyclic) bond motifs is 12. The number of carbonyl (C=O) groups is 2. The van der Waals surface area contributed by atoms with Crippen molar-refractivity contribution in [3.05, 3.63) is 239 Å². The molecular weight excluding hydrogens is 937 g/mol. The van der Waals surface area contributed by atoms with Gasteiger partial charge in [0.05, 0.1) is 13.2 Å². The van der Waals surface area contributed by atoms with Crippen molar-refractivity contribution in [2.75, 3.05) is 26.4 Å². The van der Waals surface area contributed by atoms with Gasteiger partial charge in [-0.15, -0.1) is 0 Å². The van der Waals surface area contributed by atoms with Crippen LogP contribution in [-0.2, 0) is 40.7 Å². The van der Waals surface area contributed by atoms with Gasteiger partial charge in [0.25, 0.3) is 0 Å². The summed E-state index contributed by atoms with van der Waals surface area (Å²) in [5.74, 6) is -0.358. The highest BCUT2D eigenvalue weighted by molar-refractivity contribution is 5.87. The monoisotopic (exact) mass is 1000 g/mol. The fourth-order valence-corrected chi connectivity index (χ4v) is 14.7. The number of ether oxygens (including phenoxy) is 2. The number of aliphatic hydroxyl groups is 2. The van der Waals surface area contributed by atoms with Gasteiger partial charge in [0.2, 0.25) is 0 Å². The van der Waals surface area contributed by atoms with Gasteiger partial charge in [-0.05, 0) is 154 Å². The molecule has 76 heavy (non-hydrogen) atoms. The van der Waals surface area contributed by atoms with Crippen molar-refractivity contribution in [1.29, 1.82) is 0 Å². The van der Waals surface area contributed by atoms with Crippen molar-refractivity contribution in [2.45, 2.75) is 99.7 Å². The Bertz CT molecular complexity index is 3010. The van der Waals surface area contributed by atoms with Gasteiger partial charge in [0.1, 0.15) is 0 Å². The first-order valence-electron chi connectivity index (χ1n) is 27.6. The summed E-state index contributed by atoms with van der Waals surface area (Å²) in [7, 11) is 0. The zero-order valence-corrected chi connectivity index (χ0v) is 43.9. The average molecular weight is 1010 g/mol. The van der Waals surface area contributed by atoms with Crippen LogP contribution < -0.4 is 0 Å². The average Bonchev–Trinajstić information content (AvgIpc) is 4.19. The highest BCUT2D eigenvalue weighted by Crippen LogP contribution is 2.64. The van der Waals surface area contributed by atoms with Crippen LogP contribution >= 0.6 is 0 Å². The van der Waals surface area contributed by atoms with Crippen LogP contribution in [0.25, 0.3) is 44.5 Å². The second-order valence-electron chi connectivity index (χ2n) is 21.3. The van der Waals surface area contributed by atoms with E-state index in [1.54, 1.807) is 0 Å². The van der Waals surface area contributed by atoms with E-state index in [4.69, 9.17) is 9.47 Å². The summed E-state index contributed by atoms with van der Waals surface area (Å²) in [6.45, 7) is 4.80. The maximum Gasteiger partial charge on any atom is 0.305 e. The van der Waals surface area contributed by atoms with Crippen LogP contribution in [0.2, 0.25) is 0 Å². The molecule has 6 heteroatoms. The molecule has 0 radical (unpaired) electrons. The Kier molecular flexibility index (Phi) is 14.2. The predicted molar refractivity (Wildman–Crippen MR) is 304 cm³/mol. The van der Waals surface area contributed by atoms with E-state index in [0.717, 1.165) is 38.5 Å². The zero-order valence-electron chi connectivity index (χ0n) is 43.9. The Balaban J connectivity index is 0.000000164. The molecule has 0 spiro atoms. The molecule has 0 saturated carbocycles. The minimum atomic E-state index is -0.459. The number of hydrogen-bond donors (Lipinski definition) is 2. The van der Waals surface area contributed by atoms with Crippen LogP contribution in [0.1, 0.15) is 123 Å². The first kappa shape index (κ1) is 50.8.